The summed E-state index contributed by atoms with van der Waals surface area (Å²) in [7, 11) is -3.73. The molecule has 0 bridgehead atoms. The average Bonchev–Trinajstić information content (AvgIpc) is 3.06. The first-order valence-corrected chi connectivity index (χ1v) is 9.35. The molecule has 0 spiro atoms. The average molecular weight is 365 g/mol. The lowest BCUT2D eigenvalue weighted by atomic mass is 10.0. The van der Waals surface area contributed by atoms with Crippen molar-refractivity contribution in [3.8, 4) is 0 Å². The van der Waals surface area contributed by atoms with Gasteiger partial charge < -0.3 is 15.5 Å². The number of piperidine rings is 1. The van der Waals surface area contributed by atoms with Crippen LogP contribution in [0.2, 0.25) is 0 Å². The molecule has 1 fully saturated rings. The highest BCUT2D eigenvalue weighted by atomic mass is 32.2. The molecule has 10 heteroatoms. The van der Waals surface area contributed by atoms with Gasteiger partial charge in [-0.05, 0) is 25.0 Å². The number of hydrogen-bond acceptors (Lipinski definition) is 7. The van der Waals surface area contributed by atoms with Gasteiger partial charge in [-0.3, -0.25) is 4.79 Å². The van der Waals surface area contributed by atoms with Crippen LogP contribution in [0.25, 0.3) is 0 Å². The SMILES string of the molecule is Nc1nnc(CNC(=O)C2CCCCN2S(=O)(=O)c2ccccc2)o1. The zero-order chi connectivity index (χ0) is 17.9. The summed E-state index contributed by atoms with van der Waals surface area (Å²) in [6.07, 6.45) is 1.96. The molecule has 3 N–H and O–H groups in total. The number of anilines is 1. The summed E-state index contributed by atoms with van der Waals surface area (Å²) in [6, 6.07) is 7.27. The molecule has 1 atom stereocenters. The van der Waals surface area contributed by atoms with Crippen LogP contribution in [0.1, 0.15) is 25.2 Å². The number of nitrogen functional groups attached to an aromatic ring is 1. The second kappa shape index (κ2) is 7.19. The fourth-order valence-electron chi connectivity index (χ4n) is 2.80. The molecule has 0 radical (unpaired) electrons. The maximum absolute atomic E-state index is 12.9. The van der Waals surface area contributed by atoms with E-state index in [0.717, 1.165) is 12.8 Å². The number of amides is 1. The molecular formula is C15H19N5O4S. The van der Waals surface area contributed by atoms with Gasteiger partial charge in [0.1, 0.15) is 6.04 Å². The van der Waals surface area contributed by atoms with E-state index >= 15 is 0 Å². The monoisotopic (exact) mass is 365 g/mol. The van der Waals surface area contributed by atoms with Crippen LogP contribution in [-0.2, 0) is 21.4 Å². The van der Waals surface area contributed by atoms with Gasteiger partial charge in [-0.25, -0.2) is 8.42 Å². The molecule has 1 saturated heterocycles. The van der Waals surface area contributed by atoms with Crippen molar-refractivity contribution in [3.05, 3.63) is 36.2 Å². The maximum atomic E-state index is 12.9. The van der Waals surface area contributed by atoms with E-state index in [2.05, 4.69) is 15.5 Å². The molecule has 1 aliphatic rings. The highest BCUT2D eigenvalue weighted by Gasteiger charge is 2.37. The van der Waals surface area contributed by atoms with Gasteiger partial charge in [-0.15, -0.1) is 5.10 Å². The normalized spacial score (nSPS) is 18.8. The summed E-state index contributed by atoms with van der Waals surface area (Å²) in [5, 5.41) is 9.80. The summed E-state index contributed by atoms with van der Waals surface area (Å²) < 4.78 is 32.0. The zero-order valence-electron chi connectivity index (χ0n) is 13.5. The van der Waals surface area contributed by atoms with Crippen LogP contribution in [-0.4, -0.2) is 41.4 Å². The number of carbonyl (C=O) groups excluding carboxylic acids is 1. The van der Waals surface area contributed by atoms with Crippen molar-refractivity contribution in [2.45, 2.75) is 36.7 Å². The second-order valence-electron chi connectivity index (χ2n) is 5.69. The third-order valence-corrected chi connectivity index (χ3v) is 5.92. The minimum absolute atomic E-state index is 0.00123. The molecule has 0 saturated carbocycles. The molecule has 1 aromatic carbocycles. The predicted molar refractivity (Wildman–Crippen MR) is 88.5 cm³/mol. The van der Waals surface area contributed by atoms with Crippen molar-refractivity contribution < 1.29 is 17.6 Å². The Morgan fingerprint density at radius 1 is 1.28 bits per heavy atom. The first-order chi connectivity index (χ1) is 12.0. The van der Waals surface area contributed by atoms with Crippen LogP contribution in [0, 0.1) is 0 Å². The summed E-state index contributed by atoms with van der Waals surface area (Å²) in [4.78, 5) is 12.7. The van der Waals surface area contributed by atoms with Gasteiger partial charge in [0.15, 0.2) is 0 Å². The van der Waals surface area contributed by atoms with Crippen LogP contribution in [0.15, 0.2) is 39.6 Å². The zero-order valence-corrected chi connectivity index (χ0v) is 14.3. The van der Waals surface area contributed by atoms with Gasteiger partial charge in [0, 0.05) is 6.54 Å². The van der Waals surface area contributed by atoms with Crippen LogP contribution in [0.5, 0.6) is 0 Å². The number of benzene rings is 1. The fourth-order valence-corrected chi connectivity index (χ4v) is 4.48. The van der Waals surface area contributed by atoms with Gasteiger partial charge in [-0.1, -0.05) is 29.7 Å². The Bertz CT molecular complexity index is 837. The van der Waals surface area contributed by atoms with Gasteiger partial charge in [-0.2, -0.15) is 4.31 Å². The molecule has 1 aliphatic heterocycles. The Morgan fingerprint density at radius 3 is 2.72 bits per heavy atom. The second-order valence-corrected chi connectivity index (χ2v) is 7.58. The Balaban J connectivity index is 1.75. The molecule has 9 nitrogen and oxygen atoms in total. The largest absolute Gasteiger partial charge is 0.406 e. The lowest BCUT2D eigenvalue weighted by Crippen LogP contribution is -2.51. The van der Waals surface area contributed by atoms with Crippen molar-refractivity contribution >= 4 is 21.9 Å². The third-order valence-electron chi connectivity index (χ3n) is 4.00. The summed E-state index contributed by atoms with van der Waals surface area (Å²) in [5.41, 5.74) is 5.33. The van der Waals surface area contributed by atoms with E-state index < -0.39 is 22.0 Å². The van der Waals surface area contributed by atoms with Crippen molar-refractivity contribution in [2.75, 3.05) is 12.3 Å². The Labute approximate surface area is 145 Å². The minimum atomic E-state index is -3.73. The molecular weight excluding hydrogens is 346 g/mol. The van der Waals surface area contributed by atoms with Crippen molar-refractivity contribution in [3.63, 3.8) is 0 Å². The van der Waals surface area contributed by atoms with E-state index in [0.29, 0.717) is 13.0 Å². The van der Waals surface area contributed by atoms with Gasteiger partial charge in [0.05, 0.1) is 11.4 Å². The van der Waals surface area contributed by atoms with Crippen LogP contribution >= 0.6 is 0 Å². The lowest BCUT2D eigenvalue weighted by molar-refractivity contribution is -0.126. The molecule has 3 rings (SSSR count). The van der Waals surface area contributed by atoms with E-state index in [1.54, 1.807) is 18.2 Å². The molecule has 1 unspecified atom stereocenters. The first-order valence-electron chi connectivity index (χ1n) is 7.91. The molecule has 134 valence electrons. The van der Waals surface area contributed by atoms with E-state index in [1.165, 1.54) is 16.4 Å². The lowest BCUT2D eigenvalue weighted by Gasteiger charge is -2.33. The topological polar surface area (TPSA) is 131 Å². The van der Waals surface area contributed by atoms with Crippen molar-refractivity contribution in [1.82, 2.24) is 19.8 Å². The Hall–Kier alpha value is -2.46. The third kappa shape index (κ3) is 3.80. The van der Waals surface area contributed by atoms with Crippen molar-refractivity contribution in [1.29, 1.82) is 0 Å². The van der Waals surface area contributed by atoms with Crippen LogP contribution in [0.3, 0.4) is 0 Å². The number of carbonyl (C=O) groups is 1. The number of nitrogens with two attached hydrogens (primary N) is 1. The standard InChI is InChI=1S/C15H19N5O4S/c16-15-19-18-13(24-15)10-17-14(21)12-8-4-5-9-20(12)25(22,23)11-6-2-1-3-7-11/h1-3,6-7,12H,4-5,8-10H2,(H2,16,19)(H,17,21). The fraction of sp³-hybridized carbons (Fsp3) is 0.400. The highest BCUT2D eigenvalue weighted by Crippen LogP contribution is 2.25. The maximum Gasteiger partial charge on any atom is 0.312 e. The number of hydrogen-bond donors (Lipinski definition) is 2. The smallest absolute Gasteiger partial charge is 0.312 e. The highest BCUT2D eigenvalue weighted by molar-refractivity contribution is 7.89. The molecule has 2 aromatic rings. The quantitative estimate of drug-likeness (QED) is 0.789. The number of nitrogens with one attached hydrogen (secondary N) is 1. The van der Waals surface area contributed by atoms with Gasteiger partial charge in [0.25, 0.3) is 0 Å². The number of nitrogens with zero attached hydrogens (tertiary/aromatic N) is 3. The van der Waals surface area contributed by atoms with Gasteiger partial charge in [0.2, 0.25) is 21.8 Å². The molecule has 1 aromatic heterocycles. The summed E-state index contributed by atoms with van der Waals surface area (Å²) in [5.74, 6) is -0.227. The summed E-state index contributed by atoms with van der Waals surface area (Å²) in [6.45, 7) is 0.307. The van der Waals surface area contributed by atoms with Crippen molar-refractivity contribution in [2.24, 2.45) is 0 Å². The Morgan fingerprint density at radius 2 is 2.04 bits per heavy atom. The molecule has 25 heavy (non-hydrogen) atoms. The molecule has 2 heterocycles. The summed E-state index contributed by atoms with van der Waals surface area (Å²) >= 11 is 0. The van der Waals surface area contributed by atoms with E-state index in [1.807, 2.05) is 0 Å². The molecule has 0 aliphatic carbocycles. The predicted octanol–water partition coefficient (Wildman–Crippen LogP) is 0.511. The molecule has 1 amide bonds. The van der Waals surface area contributed by atoms with E-state index in [-0.39, 0.29) is 23.3 Å². The first kappa shape index (κ1) is 17.4. The van der Waals surface area contributed by atoms with Crippen LogP contribution in [0.4, 0.5) is 6.01 Å². The number of aromatic nitrogens is 2. The van der Waals surface area contributed by atoms with Crippen LogP contribution < -0.4 is 11.1 Å². The van der Waals surface area contributed by atoms with E-state index in [4.69, 9.17) is 10.2 Å². The number of rotatable bonds is 5. The Kier molecular flexibility index (Phi) is 5.00. The van der Waals surface area contributed by atoms with E-state index in [9.17, 15) is 13.2 Å². The minimum Gasteiger partial charge on any atom is -0.406 e. The van der Waals surface area contributed by atoms with Gasteiger partial charge >= 0.3 is 6.01 Å². The number of sulfonamides is 1.